The summed E-state index contributed by atoms with van der Waals surface area (Å²) in [5, 5.41) is 5.14. The molecule has 0 spiro atoms. The Hall–Kier alpha value is -0.940. The summed E-state index contributed by atoms with van der Waals surface area (Å²) in [7, 11) is -3.68. The lowest BCUT2D eigenvalue weighted by Crippen LogP contribution is -2.22. The molecule has 0 saturated heterocycles. The molecule has 102 valence electrons. The van der Waals surface area contributed by atoms with Crippen LogP contribution in [0.2, 0.25) is 0 Å². The Bertz CT molecular complexity index is 499. The molecule has 4 nitrogen and oxygen atoms in total. The van der Waals surface area contributed by atoms with E-state index in [1.165, 1.54) is 6.20 Å². The van der Waals surface area contributed by atoms with Gasteiger partial charge in [-0.15, -0.1) is 0 Å². The highest BCUT2D eigenvalue weighted by Gasteiger charge is 2.25. The summed E-state index contributed by atoms with van der Waals surface area (Å²) >= 11 is 0. The van der Waals surface area contributed by atoms with Crippen LogP contribution in [0.25, 0.3) is 0 Å². The van der Waals surface area contributed by atoms with Crippen LogP contribution < -0.4 is 5.14 Å². The second-order valence-electron chi connectivity index (χ2n) is 4.97. The van der Waals surface area contributed by atoms with Gasteiger partial charge in [-0.2, -0.15) is 0 Å². The maximum atomic E-state index is 11.4. The van der Waals surface area contributed by atoms with Crippen molar-refractivity contribution in [1.29, 1.82) is 0 Å². The van der Waals surface area contributed by atoms with Crippen LogP contribution in [-0.2, 0) is 15.4 Å². The zero-order valence-electron chi connectivity index (χ0n) is 11.3. The van der Waals surface area contributed by atoms with Gasteiger partial charge in [-0.3, -0.25) is 4.98 Å². The summed E-state index contributed by atoms with van der Waals surface area (Å²) in [5.74, 6) is 0. The van der Waals surface area contributed by atoms with Crippen LogP contribution in [0.4, 0.5) is 0 Å². The minimum atomic E-state index is -3.68. The molecule has 0 bridgehead atoms. The molecule has 0 aromatic carbocycles. The number of hydrogen-bond acceptors (Lipinski definition) is 3. The van der Waals surface area contributed by atoms with Crippen LogP contribution in [-0.4, -0.2) is 13.4 Å². The minimum absolute atomic E-state index is 0.0380. The van der Waals surface area contributed by atoms with Gasteiger partial charge in [0.1, 0.15) is 4.90 Å². The average molecular weight is 270 g/mol. The topological polar surface area (TPSA) is 73.0 Å². The molecule has 0 aliphatic carbocycles. The first-order valence-electron chi connectivity index (χ1n) is 6.32. The van der Waals surface area contributed by atoms with Crippen LogP contribution in [0, 0.1) is 0 Å². The quantitative estimate of drug-likeness (QED) is 0.863. The monoisotopic (exact) mass is 270 g/mol. The Kier molecular flexibility index (Phi) is 4.87. The van der Waals surface area contributed by atoms with Gasteiger partial charge in [-0.1, -0.05) is 33.6 Å². The highest BCUT2D eigenvalue weighted by atomic mass is 32.2. The van der Waals surface area contributed by atoms with Gasteiger partial charge < -0.3 is 0 Å². The van der Waals surface area contributed by atoms with Crippen molar-refractivity contribution < 1.29 is 8.42 Å². The normalized spacial score (nSPS) is 15.3. The number of hydrogen-bond donors (Lipinski definition) is 1. The first-order chi connectivity index (χ1) is 8.33. The van der Waals surface area contributed by atoms with Crippen LogP contribution in [0.3, 0.4) is 0 Å². The molecule has 1 rings (SSSR count). The van der Waals surface area contributed by atoms with Crippen molar-refractivity contribution in [1.82, 2.24) is 4.98 Å². The summed E-state index contributed by atoms with van der Waals surface area (Å²) in [6.07, 6.45) is 7.25. The van der Waals surface area contributed by atoms with Gasteiger partial charge in [0.25, 0.3) is 0 Å². The first kappa shape index (κ1) is 15.1. The third-order valence-corrected chi connectivity index (χ3v) is 4.48. The van der Waals surface area contributed by atoms with Crippen LogP contribution in [0.1, 0.15) is 52.0 Å². The summed E-state index contributed by atoms with van der Waals surface area (Å²) in [5.41, 5.74) is 0.911. The molecule has 1 unspecified atom stereocenters. The molecule has 0 amide bonds. The van der Waals surface area contributed by atoms with Crippen molar-refractivity contribution in [3.8, 4) is 0 Å². The van der Waals surface area contributed by atoms with E-state index in [9.17, 15) is 8.42 Å². The summed E-state index contributed by atoms with van der Waals surface area (Å²) in [6.45, 7) is 6.40. The van der Waals surface area contributed by atoms with E-state index >= 15 is 0 Å². The van der Waals surface area contributed by atoms with Crippen molar-refractivity contribution in [3.05, 3.63) is 24.0 Å². The van der Waals surface area contributed by atoms with E-state index in [1.54, 1.807) is 12.3 Å². The van der Waals surface area contributed by atoms with Crippen molar-refractivity contribution in [2.75, 3.05) is 0 Å². The van der Waals surface area contributed by atoms with Crippen LogP contribution >= 0.6 is 0 Å². The Morgan fingerprint density at radius 1 is 1.33 bits per heavy atom. The van der Waals surface area contributed by atoms with Crippen molar-refractivity contribution >= 4 is 10.0 Å². The number of aromatic nitrogens is 1. The van der Waals surface area contributed by atoms with Gasteiger partial charge in [0, 0.05) is 12.4 Å². The maximum absolute atomic E-state index is 11.4. The molecule has 18 heavy (non-hydrogen) atoms. The van der Waals surface area contributed by atoms with Gasteiger partial charge in [0.2, 0.25) is 10.0 Å². The molecule has 2 N–H and O–H groups in total. The fraction of sp³-hybridized carbons (Fsp3) is 0.615. The summed E-state index contributed by atoms with van der Waals surface area (Å²) in [6, 6.07) is 1.65. The van der Waals surface area contributed by atoms with Crippen molar-refractivity contribution in [2.45, 2.75) is 56.8 Å². The van der Waals surface area contributed by atoms with E-state index in [0.29, 0.717) is 0 Å². The Morgan fingerprint density at radius 3 is 2.50 bits per heavy atom. The number of rotatable bonds is 6. The lowest BCUT2D eigenvalue weighted by molar-refractivity contribution is 0.401. The third-order valence-electron chi connectivity index (χ3n) is 3.60. The van der Waals surface area contributed by atoms with Crippen LogP contribution in [0.15, 0.2) is 23.4 Å². The van der Waals surface area contributed by atoms with E-state index in [0.717, 1.165) is 31.2 Å². The minimum Gasteiger partial charge on any atom is -0.263 e. The lowest BCUT2D eigenvalue weighted by Gasteiger charge is -2.28. The van der Waals surface area contributed by atoms with E-state index in [2.05, 4.69) is 25.8 Å². The SMILES string of the molecule is CCCCC(C)(CC)c1cncc(S(N)(=O)=O)c1. The molecule has 0 aliphatic rings. The molecular weight excluding hydrogens is 248 g/mol. The van der Waals surface area contributed by atoms with E-state index < -0.39 is 10.0 Å². The highest BCUT2D eigenvalue weighted by Crippen LogP contribution is 2.33. The van der Waals surface area contributed by atoms with Gasteiger partial charge in [-0.25, -0.2) is 13.6 Å². The second kappa shape index (κ2) is 5.80. The number of unbranched alkanes of at least 4 members (excludes halogenated alkanes) is 1. The van der Waals surface area contributed by atoms with Gasteiger partial charge in [-0.05, 0) is 29.9 Å². The lowest BCUT2D eigenvalue weighted by atomic mass is 9.77. The van der Waals surface area contributed by atoms with Crippen molar-refractivity contribution in [3.63, 3.8) is 0 Å². The predicted octanol–water partition coefficient (Wildman–Crippen LogP) is 2.59. The van der Waals surface area contributed by atoms with E-state index in [1.807, 2.05) is 0 Å². The molecule has 1 heterocycles. The smallest absolute Gasteiger partial charge is 0.239 e. The highest BCUT2D eigenvalue weighted by molar-refractivity contribution is 7.89. The molecule has 0 aliphatic heterocycles. The molecule has 1 atom stereocenters. The number of primary sulfonamides is 1. The molecule has 0 saturated carbocycles. The molecule has 0 fully saturated rings. The number of nitrogens with two attached hydrogens (primary N) is 1. The van der Waals surface area contributed by atoms with Gasteiger partial charge >= 0.3 is 0 Å². The van der Waals surface area contributed by atoms with Crippen LogP contribution in [0.5, 0.6) is 0 Å². The number of pyridine rings is 1. The van der Waals surface area contributed by atoms with E-state index in [-0.39, 0.29) is 10.3 Å². The number of nitrogens with zero attached hydrogens (tertiary/aromatic N) is 1. The van der Waals surface area contributed by atoms with E-state index in [4.69, 9.17) is 5.14 Å². The van der Waals surface area contributed by atoms with Crippen molar-refractivity contribution in [2.24, 2.45) is 5.14 Å². The Labute approximate surface area is 110 Å². The van der Waals surface area contributed by atoms with Gasteiger partial charge in [0.05, 0.1) is 0 Å². The Balaban J connectivity index is 3.15. The maximum Gasteiger partial charge on any atom is 0.239 e. The average Bonchev–Trinajstić information content (AvgIpc) is 2.35. The molecule has 1 aromatic rings. The molecular formula is C13H22N2O2S. The zero-order valence-corrected chi connectivity index (χ0v) is 12.1. The predicted molar refractivity (Wildman–Crippen MR) is 72.8 cm³/mol. The molecule has 0 radical (unpaired) electrons. The number of sulfonamides is 1. The molecule has 1 aromatic heterocycles. The third kappa shape index (κ3) is 3.53. The van der Waals surface area contributed by atoms with Gasteiger partial charge in [0.15, 0.2) is 0 Å². The Morgan fingerprint density at radius 2 is 2.00 bits per heavy atom. The first-order valence-corrected chi connectivity index (χ1v) is 7.86. The fourth-order valence-electron chi connectivity index (χ4n) is 2.00. The fourth-order valence-corrected chi connectivity index (χ4v) is 2.50. The second-order valence-corrected chi connectivity index (χ2v) is 6.53. The summed E-state index contributed by atoms with van der Waals surface area (Å²) < 4.78 is 22.7. The summed E-state index contributed by atoms with van der Waals surface area (Å²) in [4.78, 5) is 4.11. The zero-order chi connectivity index (χ0) is 13.8. The largest absolute Gasteiger partial charge is 0.263 e. The molecule has 5 heteroatoms. The standard InChI is InChI=1S/C13H22N2O2S/c1-4-6-7-13(3,5-2)11-8-12(10-15-9-11)18(14,16)17/h8-10H,4-7H2,1-3H3,(H2,14,16,17).